The molecule has 5 nitrogen and oxygen atoms in total. The van der Waals surface area contributed by atoms with Gasteiger partial charge in [-0.1, -0.05) is 12.1 Å². The molecule has 0 fully saturated rings. The molecule has 0 aliphatic carbocycles. The van der Waals surface area contributed by atoms with E-state index in [-0.39, 0.29) is 9.77 Å². The third kappa shape index (κ3) is 3.66. The van der Waals surface area contributed by atoms with Crippen molar-refractivity contribution in [2.75, 3.05) is 0 Å². The highest BCUT2D eigenvalue weighted by Gasteiger charge is 2.21. The maximum Gasteiger partial charge on any atom is 0.336 e. The van der Waals surface area contributed by atoms with Crippen LogP contribution in [0.4, 0.5) is 4.39 Å². The van der Waals surface area contributed by atoms with E-state index in [0.29, 0.717) is 5.56 Å². The van der Waals surface area contributed by atoms with Crippen LogP contribution in [-0.4, -0.2) is 19.5 Å². The monoisotopic (exact) mass is 329 g/mol. The molecule has 1 aromatic heterocycles. The molecule has 1 heterocycles. The average molecular weight is 329 g/mol. The summed E-state index contributed by atoms with van der Waals surface area (Å²) in [5.41, 5.74) is 0.396. The summed E-state index contributed by atoms with van der Waals surface area (Å²) in [4.78, 5) is 10.8. The number of rotatable bonds is 5. The third-order valence-electron chi connectivity index (χ3n) is 2.77. The molecule has 2 aromatic rings. The molecular formula is C13H12FNO4S2. The van der Waals surface area contributed by atoms with Crippen LogP contribution in [0, 0.1) is 5.82 Å². The Morgan fingerprint density at radius 2 is 2.10 bits per heavy atom. The molecule has 0 saturated carbocycles. The van der Waals surface area contributed by atoms with Gasteiger partial charge in [0.1, 0.15) is 10.0 Å². The Morgan fingerprint density at radius 1 is 1.38 bits per heavy atom. The predicted octanol–water partition coefficient (Wildman–Crippen LogP) is 2.62. The van der Waals surface area contributed by atoms with Crippen molar-refractivity contribution < 1.29 is 22.7 Å². The minimum absolute atomic E-state index is 0.0845. The number of carboxylic acid groups (broad SMARTS) is 1. The van der Waals surface area contributed by atoms with E-state index in [1.165, 1.54) is 23.6 Å². The summed E-state index contributed by atoms with van der Waals surface area (Å²) < 4.78 is 39.7. The summed E-state index contributed by atoms with van der Waals surface area (Å²) in [6.07, 6.45) is 0. The first-order valence-electron chi connectivity index (χ1n) is 5.89. The van der Waals surface area contributed by atoms with Crippen LogP contribution in [-0.2, 0) is 10.0 Å². The zero-order valence-corrected chi connectivity index (χ0v) is 12.5. The van der Waals surface area contributed by atoms with E-state index in [0.717, 1.165) is 17.4 Å². The minimum Gasteiger partial charge on any atom is -0.478 e. The molecule has 0 saturated heterocycles. The van der Waals surface area contributed by atoms with E-state index in [2.05, 4.69) is 4.72 Å². The Labute approximate surface area is 125 Å². The summed E-state index contributed by atoms with van der Waals surface area (Å²) in [5, 5.41) is 10.1. The number of thiophene rings is 1. The third-order valence-corrected chi connectivity index (χ3v) is 5.75. The van der Waals surface area contributed by atoms with Crippen molar-refractivity contribution in [3.63, 3.8) is 0 Å². The Morgan fingerprint density at radius 3 is 2.67 bits per heavy atom. The first kappa shape index (κ1) is 15.6. The molecule has 2 rings (SSSR count). The number of nitrogens with one attached hydrogen (secondary N) is 1. The van der Waals surface area contributed by atoms with Crippen LogP contribution in [0.1, 0.15) is 28.9 Å². The minimum atomic E-state index is -3.85. The molecule has 0 spiro atoms. The Balaban J connectivity index is 2.22. The van der Waals surface area contributed by atoms with Crippen molar-refractivity contribution in [2.45, 2.75) is 17.2 Å². The van der Waals surface area contributed by atoms with E-state index in [1.54, 1.807) is 13.0 Å². The molecule has 112 valence electrons. The van der Waals surface area contributed by atoms with Gasteiger partial charge >= 0.3 is 5.97 Å². The molecule has 0 radical (unpaired) electrons. The molecule has 1 atom stereocenters. The number of halogens is 1. The topological polar surface area (TPSA) is 83.5 Å². The fraction of sp³-hybridized carbons (Fsp3) is 0.154. The average Bonchev–Trinajstić information content (AvgIpc) is 2.88. The zero-order chi connectivity index (χ0) is 15.6. The van der Waals surface area contributed by atoms with Gasteiger partial charge < -0.3 is 5.11 Å². The van der Waals surface area contributed by atoms with Crippen molar-refractivity contribution in [1.82, 2.24) is 4.72 Å². The van der Waals surface area contributed by atoms with Gasteiger partial charge in [0.2, 0.25) is 0 Å². The highest BCUT2D eigenvalue weighted by molar-refractivity contribution is 7.91. The van der Waals surface area contributed by atoms with Crippen LogP contribution >= 0.6 is 11.3 Å². The second kappa shape index (κ2) is 5.92. The number of hydrogen-bond acceptors (Lipinski definition) is 4. The number of benzene rings is 1. The molecule has 0 amide bonds. The first-order valence-corrected chi connectivity index (χ1v) is 8.25. The molecular weight excluding hydrogens is 317 g/mol. The van der Waals surface area contributed by atoms with E-state index >= 15 is 0 Å². The van der Waals surface area contributed by atoms with E-state index < -0.39 is 27.9 Å². The lowest BCUT2D eigenvalue weighted by molar-refractivity contribution is 0.0697. The van der Waals surface area contributed by atoms with Crippen molar-refractivity contribution in [3.8, 4) is 0 Å². The molecule has 2 N–H and O–H groups in total. The standard InChI is InChI=1S/C13H12FNO4S2/c1-8(9-3-2-4-11(14)5-9)15-21(18,19)12-6-10(7-20-12)13(16)17/h2-8,15H,1H3,(H,16,17)/t8-/m0/s1. The normalized spacial score (nSPS) is 13.0. The maximum absolute atomic E-state index is 13.1. The number of hydrogen-bond donors (Lipinski definition) is 2. The molecule has 0 unspecified atom stereocenters. The zero-order valence-electron chi connectivity index (χ0n) is 10.9. The molecule has 21 heavy (non-hydrogen) atoms. The van der Waals surface area contributed by atoms with E-state index in [1.807, 2.05) is 0 Å². The van der Waals surface area contributed by atoms with Crippen LogP contribution in [0.15, 0.2) is 39.9 Å². The fourth-order valence-corrected chi connectivity index (χ4v) is 4.11. The van der Waals surface area contributed by atoms with Gasteiger partial charge in [-0.05, 0) is 30.7 Å². The van der Waals surface area contributed by atoms with Gasteiger partial charge in [-0.15, -0.1) is 11.3 Å². The summed E-state index contributed by atoms with van der Waals surface area (Å²) in [6.45, 7) is 1.58. The number of aromatic carboxylic acids is 1. The first-order chi connectivity index (χ1) is 9.79. The Hall–Kier alpha value is -1.77. The van der Waals surface area contributed by atoms with Crippen LogP contribution in [0.3, 0.4) is 0 Å². The summed E-state index contributed by atoms with van der Waals surface area (Å²) in [5.74, 6) is -1.64. The van der Waals surface area contributed by atoms with Gasteiger partial charge in [0.25, 0.3) is 10.0 Å². The molecule has 0 aliphatic rings. The van der Waals surface area contributed by atoms with Gasteiger partial charge in [0, 0.05) is 11.4 Å². The lowest BCUT2D eigenvalue weighted by Crippen LogP contribution is -2.26. The van der Waals surface area contributed by atoms with Crippen LogP contribution in [0.2, 0.25) is 0 Å². The largest absolute Gasteiger partial charge is 0.478 e. The second-order valence-corrected chi connectivity index (χ2v) is 7.21. The van der Waals surface area contributed by atoms with E-state index in [9.17, 15) is 17.6 Å². The van der Waals surface area contributed by atoms with Crippen LogP contribution in [0.25, 0.3) is 0 Å². The molecule has 0 aliphatic heterocycles. The summed E-state index contributed by atoms with van der Waals surface area (Å²) in [6, 6.07) is 6.05. The predicted molar refractivity (Wildman–Crippen MR) is 76.4 cm³/mol. The lowest BCUT2D eigenvalue weighted by Gasteiger charge is -2.13. The van der Waals surface area contributed by atoms with Crippen molar-refractivity contribution in [2.24, 2.45) is 0 Å². The quantitative estimate of drug-likeness (QED) is 0.883. The highest BCUT2D eigenvalue weighted by Crippen LogP contribution is 2.23. The summed E-state index contributed by atoms with van der Waals surface area (Å²) in [7, 11) is -3.85. The molecule has 0 bridgehead atoms. The van der Waals surface area contributed by atoms with Gasteiger partial charge in [0.05, 0.1) is 5.56 Å². The number of carboxylic acids is 1. The SMILES string of the molecule is C[C@H](NS(=O)(=O)c1cc(C(=O)O)cs1)c1cccc(F)c1. The van der Waals surface area contributed by atoms with Crippen molar-refractivity contribution >= 4 is 27.3 Å². The van der Waals surface area contributed by atoms with Crippen molar-refractivity contribution in [1.29, 1.82) is 0 Å². The summed E-state index contributed by atoms with van der Waals surface area (Å²) >= 11 is 0.820. The molecule has 8 heteroatoms. The highest BCUT2D eigenvalue weighted by atomic mass is 32.2. The maximum atomic E-state index is 13.1. The van der Waals surface area contributed by atoms with Gasteiger partial charge in [0.15, 0.2) is 0 Å². The van der Waals surface area contributed by atoms with Gasteiger partial charge in [-0.3, -0.25) is 0 Å². The number of carbonyl (C=O) groups is 1. The van der Waals surface area contributed by atoms with E-state index in [4.69, 9.17) is 5.11 Å². The molecule has 1 aromatic carbocycles. The second-order valence-electron chi connectivity index (χ2n) is 4.36. The van der Waals surface area contributed by atoms with Gasteiger partial charge in [-0.25, -0.2) is 22.3 Å². The fourth-order valence-electron chi connectivity index (χ4n) is 1.70. The van der Waals surface area contributed by atoms with Crippen molar-refractivity contribution in [3.05, 3.63) is 52.7 Å². The Bertz CT molecular complexity index is 770. The van der Waals surface area contributed by atoms with Gasteiger partial charge in [-0.2, -0.15) is 0 Å². The van der Waals surface area contributed by atoms with Crippen LogP contribution < -0.4 is 4.72 Å². The number of sulfonamides is 1. The Kier molecular flexibility index (Phi) is 4.40. The lowest BCUT2D eigenvalue weighted by atomic mass is 10.1. The van der Waals surface area contributed by atoms with Crippen LogP contribution in [0.5, 0.6) is 0 Å². The smallest absolute Gasteiger partial charge is 0.336 e.